The summed E-state index contributed by atoms with van der Waals surface area (Å²) in [6.45, 7) is 6.42. The maximum atomic E-state index is 13.4. The lowest BCUT2D eigenvalue weighted by molar-refractivity contribution is 0.324. The molecule has 0 aliphatic heterocycles. The normalized spacial score (nSPS) is 11.8. The number of nitrogens with one attached hydrogen (secondary N) is 1. The van der Waals surface area contributed by atoms with Crippen LogP contribution in [0.2, 0.25) is 0 Å². The van der Waals surface area contributed by atoms with E-state index >= 15 is 0 Å². The van der Waals surface area contributed by atoms with E-state index in [1.54, 1.807) is 0 Å². The molecule has 0 atom stereocenters. The standard InChI is InChI=1S/C13H19F2N/c1-4-13(3,5-2)16-9-10-11(14)7-6-8-12(10)15/h6-8,16H,4-5,9H2,1-3H3. The molecule has 3 heteroatoms. The second-order valence-electron chi connectivity index (χ2n) is 4.32. The van der Waals surface area contributed by atoms with Crippen LogP contribution in [-0.2, 0) is 6.54 Å². The molecule has 1 N–H and O–H groups in total. The van der Waals surface area contributed by atoms with Crippen LogP contribution in [0.15, 0.2) is 18.2 Å². The van der Waals surface area contributed by atoms with Crippen LogP contribution in [0.25, 0.3) is 0 Å². The van der Waals surface area contributed by atoms with Crippen molar-refractivity contribution in [2.24, 2.45) is 0 Å². The molecule has 90 valence electrons. The molecule has 0 heterocycles. The van der Waals surface area contributed by atoms with E-state index in [0.717, 1.165) is 12.8 Å². The highest BCUT2D eigenvalue weighted by Crippen LogP contribution is 2.17. The summed E-state index contributed by atoms with van der Waals surface area (Å²) >= 11 is 0. The monoisotopic (exact) mass is 227 g/mol. The zero-order valence-electron chi connectivity index (χ0n) is 10.1. The zero-order chi connectivity index (χ0) is 12.2. The highest BCUT2D eigenvalue weighted by molar-refractivity contribution is 5.19. The Morgan fingerprint density at radius 2 is 1.62 bits per heavy atom. The molecule has 0 aliphatic rings. The van der Waals surface area contributed by atoms with Gasteiger partial charge in [0.15, 0.2) is 0 Å². The Morgan fingerprint density at radius 3 is 2.06 bits per heavy atom. The minimum absolute atomic E-state index is 0.0608. The van der Waals surface area contributed by atoms with Crippen molar-refractivity contribution >= 4 is 0 Å². The van der Waals surface area contributed by atoms with Gasteiger partial charge in [0.25, 0.3) is 0 Å². The van der Waals surface area contributed by atoms with Gasteiger partial charge >= 0.3 is 0 Å². The molecule has 0 radical (unpaired) electrons. The molecule has 0 saturated heterocycles. The highest BCUT2D eigenvalue weighted by atomic mass is 19.1. The fourth-order valence-corrected chi connectivity index (χ4v) is 1.50. The molecule has 0 saturated carbocycles. The summed E-state index contributed by atoms with van der Waals surface area (Å²) in [7, 11) is 0. The van der Waals surface area contributed by atoms with Crippen molar-refractivity contribution in [2.75, 3.05) is 0 Å². The lowest BCUT2D eigenvalue weighted by Gasteiger charge is -2.28. The summed E-state index contributed by atoms with van der Waals surface area (Å²) in [5, 5.41) is 3.21. The molecule has 1 nitrogen and oxygen atoms in total. The first kappa shape index (κ1) is 13.1. The summed E-state index contributed by atoms with van der Waals surface area (Å²) in [6.07, 6.45) is 1.86. The van der Waals surface area contributed by atoms with Crippen LogP contribution in [0, 0.1) is 11.6 Å². The van der Waals surface area contributed by atoms with Crippen molar-refractivity contribution < 1.29 is 8.78 Å². The van der Waals surface area contributed by atoms with E-state index in [1.165, 1.54) is 18.2 Å². The van der Waals surface area contributed by atoms with Crippen molar-refractivity contribution in [1.29, 1.82) is 0 Å². The summed E-state index contributed by atoms with van der Waals surface area (Å²) in [6, 6.07) is 3.96. The number of rotatable bonds is 5. The third kappa shape index (κ3) is 3.01. The van der Waals surface area contributed by atoms with Gasteiger partial charge in [0.1, 0.15) is 11.6 Å². The second kappa shape index (κ2) is 5.39. The van der Waals surface area contributed by atoms with Crippen LogP contribution in [0.5, 0.6) is 0 Å². The summed E-state index contributed by atoms with van der Waals surface area (Å²) in [5.74, 6) is -0.968. The first-order chi connectivity index (χ1) is 7.52. The zero-order valence-corrected chi connectivity index (χ0v) is 10.1. The van der Waals surface area contributed by atoms with Crippen molar-refractivity contribution in [2.45, 2.75) is 45.7 Å². The first-order valence-corrected chi connectivity index (χ1v) is 5.70. The van der Waals surface area contributed by atoms with Gasteiger partial charge < -0.3 is 5.32 Å². The highest BCUT2D eigenvalue weighted by Gasteiger charge is 2.19. The third-order valence-electron chi connectivity index (χ3n) is 3.31. The largest absolute Gasteiger partial charge is 0.307 e. The smallest absolute Gasteiger partial charge is 0.130 e. The molecule has 0 unspecified atom stereocenters. The van der Waals surface area contributed by atoms with Gasteiger partial charge in [-0.2, -0.15) is 0 Å². The van der Waals surface area contributed by atoms with Crippen molar-refractivity contribution in [1.82, 2.24) is 5.32 Å². The molecule has 0 spiro atoms. The predicted molar refractivity (Wildman–Crippen MR) is 62.2 cm³/mol. The first-order valence-electron chi connectivity index (χ1n) is 5.70. The van der Waals surface area contributed by atoms with Gasteiger partial charge in [-0.15, -0.1) is 0 Å². The fourth-order valence-electron chi connectivity index (χ4n) is 1.50. The van der Waals surface area contributed by atoms with E-state index in [2.05, 4.69) is 26.1 Å². The van der Waals surface area contributed by atoms with Gasteiger partial charge in [-0.1, -0.05) is 19.9 Å². The quantitative estimate of drug-likeness (QED) is 0.810. The fraction of sp³-hybridized carbons (Fsp3) is 0.538. The molecule has 0 bridgehead atoms. The van der Waals surface area contributed by atoms with Crippen LogP contribution in [0.1, 0.15) is 39.2 Å². The number of benzene rings is 1. The maximum absolute atomic E-state index is 13.4. The number of hydrogen-bond acceptors (Lipinski definition) is 1. The van der Waals surface area contributed by atoms with E-state index in [-0.39, 0.29) is 17.6 Å². The lowest BCUT2D eigenvalue weighted by atomic mass is 9.95. The van der Waals surface area contributed by atoms with Crippen LogP contribution in [0.4, 0.5) is 8.78 Å². The molecule has 16 heavy (non-hydrogen) atoms. The topological polar surface area (TPSA) is 12.0 Å². The van der Waals surface area contributed by atoms with Gasteiger partial charge in [0.05, 0.1) is 0 Å². The molecule has 1 aromatic carbocycles. The van der Waals surface area contributed by atoms with Gasteiger partial charge in [0.2, 0.25) is 0 Å². The SMILES string of the molecule is CCC(C)(CC)NCc1c(F)cccc1F. The van der Waals surface area contributed by atoms with E-state index in [9.17, 15) is 8.78 Å². The minimum atomic E-state index is -0.484. The summed E-state index contributed by atoms with van der Waals surface area (Å²) in [4.78, 5) is 0. The maximum Gasteiger partial charge on any atom is 0.130 e. The predicted octanol–water partition coefficient (Wildman–Crippen LogP) is 3.63. The Kier molecular flexibility index (Phi) is 4.42. The molecule has 0 aliphatic carbocycles. The lowest BCUT2D eigenvalue weighted by Crippen LogP contribution is -2.40. The number of halogens is 2. The van der Waals surface area contributed by atoms with Crippen LogP contribution < -0.4 is 5.32 Å². The molecule has 1 rings (SSSR count). The average molecular weight is 227 g/mol. The number of hydrogen-bond donors (Lipinski definition) is 1. The van der Waals surface area contributed by atoms with Crippen LogP contribution in [-0.4, -0.2) is 5.54 Å². The Bertz CT molecular complexity index is 326. The van der Waals surface area contributed by atoms with E-state index in [0.29, 0.717) is 0 Å². The summed E-state index contributed by atoms with van der Waals surface area (Å²) in [5.41, 5.74) is 0.0602. The Balaban J connectivity index is 2.75. The Labute approximate surface area is 95.9 Å². The van der Waals surface area contributed by atoms with Crippen molar-refractivity contribution in [3.05, 3.63) is 35.4 Å². The molecule has 0 aromatic heterocycles. The minimum Gasteiger partial charge on any atom is -0.307 e. The van der Waals surface area contributed by atoms with Crippen molar-refractivity contribution in [3.8, 4) is 0 Å². The Morgan fingerprint density at radius 1 is 1.12 bits per heavy atom. The molecule has 0 amide bonds. The van der Waals surface area contributed by atoms with Gasteiger partial charge in [-0.05, 0) is 31.9 Å². The Hall–Kier alpha value is -0.960. The average Bonchev–Trinajstić information content (AvgIpc) is 2.28. The van der Waals surface area contributed by atoms with Gasteiger partial charge in [-0.3, -0.25) is 0 Å². The van der Waals surface area contributed by atoms with E-state index in [1.807, 2.05) is 0 Å². The van der Waals surface area contributed by atoms with Gasteiger partial charge in [-0.25, -0.2) is 8.78 Å². The molecular weight excluding hydrogens is 208 g/mol. The van der Waals surface area contributed by atoms with Crippen LogP contribution >= 0.6 is 0 Å². The molecule has 1 aromatic rings. The molecule has 0 fully saturated rings. The van der Waals surface area contributed by atoms with Crippen LogP contribution in [0.3, 0.4) is 0 Å². The van der Waals surface area contributed by atoms with Gasteiger partial charge in [0, 0.05) is 17.6 Å². The van der Waals surface area contributed by atoms with E-state index < -0.39 is 11.6 Å². The second-order valence-corrected chi connectivity index (χ2v) is 4.32. The van der Waals surface area contributed by atoms with Crippen molar-refractivity contribution in [3.63, 3.8) is 0 Å². The summed E-state index contributed by atoms with van der Waals surface area (Å²) < 4.78 is 26.7. The third-order valence-corrected chi connectivity index (χ3v) is 3.31. The van der Waals surface area contributed by atoms with E-state index in [4.69, 9.17) is 0 Å². The molecular formula is C13H19F2N.